The highest BCUT2D eigenvalue weighted by atomic mass is 16.7. The van der Waals surface area contributed by atoms with Gasteiger partial charge in [0.25, 0.3) is 0 Å². The van der Waals surface area contributed by atoms with Gasteiger partial charge in [-0.3, -0.25) is 9.88 Å². The lowest BCUT2D eigenvalue weighted by Crippen LogP contribution is -2.55. The third kappa shape index (κ3) is 4.13. The predicted octanol–water partition coefficient (Wildman–Crippen LogP) is 5.53. The lowest BCUT2D eigenvalue weighted by Gasteiger charge is -2.51. The number of piperidine rings is 3. The molecule has 6 rings (SSSR count). The number of aromatic nitrogens is 1. The first-order valence-corrected chi connectivity index (χ1v) is 11.3. The monoisotopic (exact) mass is 428 g/mol. The number of carbonyl (C=O) groups is 1. The molecular formula is C27H28N2O3. The molecule has 0 amide bonds. The van der Waals surface area contributed by atoms with Crippen LogP contribution >= 0.6 is 0 Å². The summed E-state index contributed by atoms with van der Waals surface area (Å²) in [6.45, 7) is 6.20. The molecule has 2 bridgehead atoms. The van der Waals surface area contributed by atoms with E-state index in [2.05, 4.69) is 22.5 Å². The summed E-state index contributed by atoms with van der Waals surface area (Å²) in [5.74, 6) is 1.07. The molecule has 0 spiro atoms. The highest BCUT2D eigenvalue weighted by molar-refractivity contribution is 5.82. The summed E-state index contributed by atoms with van der Waals surface area (Å²) in [6, 6.07) is 19.8. The number of ether oxygens (including phenoxy) is 2. The molecule has 3 saturated heterocycles. The van der Waals surface area contributed by atoms with Gasteiger partial charge in [-0.1, -0.05) is 54.6 Å². The van der Waals surface area contributed by atoms with Gasteiger partial charge >= 0.3 is 6.16 Å². The molecule has 0 aliphatic carbocycles. The van der Waals surface area contributed by atoms with Crippen LogP contribution in [0.3, 0.4) is 0 Å². The Morgan fingerprint density at radius 1 is 1.16 bits per heavy atom. The Balaban J connectivity index is 1.43. The molecule has 0 radical (unpaired) electrons. The number of hydrogen-bond acceptors (Lipinski definition) is 5. The summed E-state index contributed by atoms with van der Waals surface area (Å²) in [5, 5.41) is 1.01. The van der Waals surface area contributed by atoms with Gasteiger partial charge in [0.05, 0.1) is 11.6 Å². The van der Waals surface area contributed by atoms with Crippen LogP contribution in [0.5, 0.6) is 0 Å². The second kappa shape index (κ2) is 9.13. The van der Waals surface area contributed by atoms with Crippen LogP contribution in [0.15, 0.2) is 79.5 Å². The largest absolute Gasteiger partial charge is 0.509 e. The van der Waals surface area contributed by atoms with Crippen molar-refractivity contribution in [1.29, 1.82) is 0 Å². The molecule has 3 aliphatic heterocycles. The second-order valence-corrected chi connectivity index (χ2v) is 8.73. The van der Waals surface area contributed by atoms with Crippen LogP contribution in [0.2, 0.25) is 0 Å². The van der Waals surface area contributed by atoms with Gasteiger partial charge in [0.2, 0.25) is 0 Å². The number of benzene rings is 2. The van der Waals surface area contributed by atoms with Gasteiger partial charge in [-0.15, -0.1) is 6.58 Å². The van der Waals surface area contributed by atoms with Gasteiger partial charge in [-0.2, -0.15) is 0 Å². The minimum absolute atomic E-state index is 0.111. The van der Waals surface area contributed by atoms with E-state index in [0.717, 1.165) is 48.0 Å². The normalized spacial score (nSPS) is 25.2. The second-order valence-electron chi connectivity index (χ2n) is 8.73. The van der Waals surface area contributed by atoms with Crippen LogP contribution in [0.4, 0.5) is 4.79 Å². The molecule has 5 heteroatoms. The lowest BCUT2D eigenvalue weighted by atomic mass is 9.73. The van der Waals surface area contributed by atoms with Crippen molar-refractivity contribution in [2.75, 3.05) is 13.1 Å². The molecular weight excluding hydrogens is 400 g/mol. The molecule has 32 heavy (non-hydrogen) atoms. The summed E-state index contributed by atoms with van der Waals surface area (Å²) < 4.78 is 11.6. The maximum atomic E-state index is 12.8. The van der Waals surface area contributed by atoms with Gasteiger partial charge < -0.3 is 9.47 Å². The Labute approximate surface area is 188 Å². The Kier molecular flexibility index (Phi) is 5.91. The number of fused-ring (bicyclic) bond motifs is 4. The quantitative estimate of drug-likeness (QED) is 0.382. The highest BCUT2D eigenvalue weighted by Crippen LogP contribution is 2.43. The molecule has 3 aliphatic rings. The Bertz CT molecular complexity index is 1100. The zero-order valence-electron chi connectivity index (χ0n) is 18.1. The standard InChI is InChI=1S/C27H28N2O3/c1-2-20-17-29-15-13-21(20)16-25(29)26(23-12-14-28-24-11-7-6-10-22(23)24)32-27(30)31-18-19-8-4-3-5-9-19/h2-12,14,20-21,25-26H,1,13,15-18H2/t20-,21-,25+,26+/m0/s1. The maximum Gasteiger partial charge on any atom is 0.509 e. The van der Waals surface area contributed by atoms with E-state index in [1.807, 2.05) is 60.7 Å². The van der Waals surface area contributed by atoms with Crippen LogP contribution in [0.25, 0.3) is 10.9 Å². The summed E-state index contributed by atoms with van der Waals surface area (Å²) in [6.07, 6.45) is 4.97. The van der Waals surface area contributed by atoms with Crippen LogP contribution in [-0.4, -0.2) is 35.2 Å². The first-order valence-electron chi connectivity index (χ1n) is 11.3. The lowest BCUT2D eigenvalue weighted by molar-refractivity contribution is -0.0670. The average Bonchev–Trinajstić information content (AvgIpc) is 2.86. The van der Waals surface area contributed by atoms with Crippen molar-refractivity contribution in [2.24, 2.45) is 11.8 Å². The van der Waals surface area contributed by atoms with E-state index in [1.54, 1.807) is 6.20 Å². The van der Waals surface area contributed by atoms with Gasteiger partial charge in [-0.05, 0) is 48.9 Å². The minimum Gasteiger partial charge on any atom is -0.429 e. The van der Waals surface area contributed by atoms with E-state index in [-0.39, 0.29) is 12.6 Å². The molecule has 3 fully saturated rings. The van der Waals surface area contributed by atoms with Crippen LogP contribution < -0.4 is 0 Å². The molecule has 1 aromatic heterocycles. The molecule has 0 N–H and O–H groups in total. The fourth-order valence-electron chi connectivity index (χ4n) is 5.26. The zero-order valence-corrected chi connectivity index (χ0v) is 18.1. The van der Waals surface area contributed by atoms with Gasteiger partial charge in [0.15, 0.2) is 0 Å². The van der Waals surface area contributed by atoms with E-state index >= 15 is 0 Å². The molecule has 1 unspecified atom stereocenters. The van der Waals surface area contributed by atoms with E-state index in [4.69, 9.17) is 9.47 Å². The van der Waals surface area contributed by atoms with Crippen molar-refractivity contribution < 1.29 is 14.3 Å². The third-order valence-corrected chi connectivity index (χ3v) is 6.92. The van der Waals surface area contributed by atoms with Crippen LogP contribution in [0.1, 0.15) is 30.1 Å². The number of rotatable bonds is 6. The molecule has 2 aromatic carbocycles. The smallest absolute Gasteiger partial charge is 0.429 e. The average molecular weight is 429 g/mol. The van der Waals surface area contributed by atoms with Gasteiger partial charge in [-0.25, -0.2) is 4.79 Å². The Morgan fingerprint density at radius 2 is 1.97 bits per heavy atom. The number of hydrogen-bond donors (Lipinski definition) is 0. The van der Waals surface area contributed by atoms with Crippen molar-refractivity contribution >= 4 is 17.1 Å². The fourth-order valence-corrected chi connectivity index (χ4v) is 5.26. The zero-order chi connectivity index (χ0) is 21.9. The first-order chi connectivity index (χ1) is 15.7. The SMILES string of the molecule is C=C[C@H]1CN2CC[C@H]1C[C@@H]2[C@H](OC(=O)OCc1ccccc1)c1ccnc2ccccc12. The van der Waals surface area contributed by atoms with Crippen molar-refractivity contribution in [1.82, 2.24) is 9.88 Å². The van der Waals surface area contributed by atoms with Crippen molar-refractivity contribution in [2.45, 2.75) is 31.6 Å². The van der Waals surface area contributed by atoms with E-state index in [0.29, 0.717) is 11.8 Å². The Morgan fingerprint density at radius 3 is 2.75 bits per heavy atom. The Hall–Kier alpha value is -3.18. The van der Waals surface area contributed by atoms with E-state index in [1.165, 1.54) is 0 Å². The number of pyridine rings is 1. The van der Waals surface area contributed by atoms with Crippen molar-refractivity contribution in [3.05, 3.63) is 90.6 Å². The first kappa shape index (κ1) is 20.7. The van der Waals surface area contributed by atoms with E-state index in [9.17, 15) is 4.79 Å². The molecule has 5 atom stereocenters. The molecule has 164 valence electrons. The summed E-state index contributed by atoms with van der Waals surface area (Å²) >= 11 is 0. The van der Waals surface area contributed by atoms with Gasteiger partial charge in [0, 0.05) is 23.7 Å². The third-order valence-electron chi connectivity index (χ3n) is 6.92. The topological polar surface area (TPSA) is 51.7 Å². The van der Waals surface area contributed by atoms with Crippen molar-refractivity contribution in [3.8, 4) is 0 Å². The minimum atomic E-state index is -0.636. The van der Waals surface area contributed by atoms with Crippen LogP contribution in [0, 0.1) is 11.8 Å². The molecule has 3 aromatic rings. The summed E-state index contributed by atoms with van der Waals surface area (Å²) in [7, 11) is 0. The molecule has 5 nitrogen and oxygen atoms in total. The molecule has 0 saturated carbocycles. The van der Waals surface area contributed by atoms with E-state index < -0.39 is 12.3 Å². The number of para-hydroxylation sites is 1. The number of carbonyl (C=O) groups excluding carboxylic acids is 1. The van der Waals surface area contributed by atoms with Gasteiger partial charge in [0.1, 0.15) is 12.7 Å². The summed E-state index contributed by atoms with van der Waals surface area (Å²) in [4.78, 5) is 19.8. The maximum absolute atomic E-state index is 12.8. The fraction of sp³-hybridized carbons (Fsp3) is 0.333. The number of nitrogens with zero attached hydrogens (tertiary/aromatic N) is 2. The highest BCUT2D eigenvalue weighted by Gasteiger charge is 2.44. The molecule has 4 heterocycles. The van der Waals surface area contributed by atoms with Crippen molar-refractivity contribution in [3.63, 3.8) is 0 Å². The summed E-state index contributed by atoms with van der Waals surface area (Å²) in [5.41, 5.74) is 2.82. The predicted molar refractivity (Wildman–Crippen MR) is 124 cm³/mol. The van der Waals surface area contributed by atoms with Crippen LogP contribution in [-0.2, 0) is 16.1 Å².